The average molecular weight is 251 g/mol. The Morgan fingerprint density at radius 3 is 2.78 bits per heavy atom. The maximum absolute atomic E-state index is 13.4. The zero-order valence-electron chi connectivity index (χ0n) is 10.7. The van der Waals surface area contributed by atoms with Crippen molar-refractivity contribution in [3.63, 3.8) is 0 Å². The van der Waals surface area contributed by atoms with E-state index in [2.05, 4.69) is 11.8 Å². The van der Waals surface area contributed by atoms with Gasteiger partial charge in [-0.2, -0.15) is 0 Å². The Bertz CT molecular complexity index is 435. The summed E-state index contributed by atoms with van der Waals surface area (Å²) in [6, 6.07) is 4.49. The summed E-state index contributed by atoms with van der Waals surface area (Å²) in [5, 5.41) is 0. The Balaban J connectivity index is 2.58. The molecule has 0 saturated heterocycles. The number of rotatable bonds is 5. The molecule has 0 aromatic heterocycles. The molecule has 18 heavy (non-hydrogen) atoms. The van der Waals surface area contributed by atoms with Crippen LogP contribution in [0.5, 0.6) is 5.75 Å². The molecule has 2 N–H and O–H groups in total. The molecular weight excluding hydrogens is 233 g/mol. The third kappa shape index (κ3) is 5.17. The summed E-state index contributed by atoms with van der Waals surface area (Å²) in [6.45, 7) is 4.88. The lowest BCUT2D eigenvalue weighted by Gasteiger charge is -2.10. The quantitative estimate of drug-likeness (QED) is 0.642. The fourth-order valence-corrected chi connectivity index (χ4v) is 1.28. The minimum absolute atomic E-state index is 0.139. The maximum Gasteiger partial charge on any atom is 0.165 e. The zero-order valence-corrected chi connectivity index (χ0v) is 10.7. The average Bonchev–Trinajstić information content (AvgIpc) is 2.34. The highest BCUT2D eigenvalue weighted by molar-refractivity contribution is 5.40. The van der Waals surface area contributed by atoms with Crippen LogP contribution in [0.2, 0.25) is 0 Å². The van der Waals surface area contributed by atoms with Gasteiger partial charge in [-0.1, -0.05) is 11.8 Å². The summed E-state index contributed by atoms with van der Waals surface area (Å²) in [7, 11) is 0. The monoisotopic (exact) mass is 251 g/mol. The van der Waals surface area contributed by atoms with E-state index in [1.165, 1.54) is 6.07 Å². The third-order valence-corrected chi connectivity index (χ3v) is 2.06. The molecule has 0 aliphatic carbocycles. The van der Waals surface area contributed by atoms with Crippen LogP contribution in [0.1, 0.15) is 19.4 Å². The largest absolute Gasteiger partial charge is 0.488 e. The first-order chi connectivity index (χ1) is 8.63. The van der Waals surface area contributed by atoms with E-state index in [0.29, 0.717) is 18.8 Å². The molecule has 0 aliphatic heterocycles. The molecule has 98 valence electrons. The van der Waals surface area contributed by atoms with Crippen LogP contribution in [0.15, 0.2) is 18.2 Å². The molecule has 1 rings (SSSR count). The van der Waals surface area contributed by atoms with Crippen molar-refractivity contribution in [2.45, 2.75) is 20.0 Å². The van der Waals surface area contributed by atoms with Gasteiger partial charge in [0.25, 0.3) is 0 Å². The van der Waals surface area contributed by atoms with Crippen molar-refractivity contribution in [1.29, 1.82) is 0 Å². The summed E-state index contributed by atoms with van der Waals surface area (Å²) in [5.41, 5.74) is 5.96. The molecule has 0 fully saturated rings. The SMILES string of the molecule is CC(C)OCCOc1cc(C#CCN)ccc1F. The maximum atomic E-state index is 13.4. The highest BCUT2D eigenvalue weighted by Gasteiger charge is 2.04. The molecule has 4 heteroatoms. The molecule has 0 atom stereocenters. The van der Waals surface area contributed by atoms with E-state index >= 15 is 0 Å². The second-order valence-electron chi connectivity index (χ2n) is 3.92. The van der Waals surface area contributed by atoms with Gasteiger partial charge in [-0.25, -0.2) is 4.39 Å². The molecule has 1 aromatic carbocycles. The lowest BCUT2D eigenvalue weighted by atomic mass is 10.2. The normalized spacial score (nSPS) is 10.1. The number of nitrogens with two attached hydrogens (primary N) is 1. The van der Waals surface area contributed by atoms with Gasteiger partial charge in [0, 0.05) is 5.56 Å². The van der Waals surface area contributed by atoms with Gasteiger partial charge in [-0.05, 0) is 32.0 Å². The fourth-order valence-electron chi connectivity index (χ4n) is 1.28. The molecular formula is C14H18FNO2. The number of benzene rings is 1. The molecule has 1 aromatic rings. The van der Waals surface area contributed by atoms with E-state index in [1.54, 1.807) is 12.1 Å². The summed E-state index contributed by atoms with van der Waals surface area (Å²) < 4.78 is 24.1. The first kappa shape index (κ1) is 14.5. The lowest BCUT2D eigenvalue weighted by Crippen LogP contribution is -2.11. The van der Waals surface area contributed by atoms with E-state index in [9.17, 15) is 4.39 Å². The second kappa shape index (κ2) is 7.70. The summed E-state index contributed by atoms with van der Waals surface area (Å²) >= 11 is 0. The van der Waals surface area contributed by atoms with Gasteiger partial charge >= 0.3 is 0 Å². The second-order valence-corrected chi connectivity index (χ2v) is 3.92. The van der Waals surface area contributed by atoms with Crippen LogP contribution in [0.3, 0.4) is 0 Å². The number of hydrogen-bond donors (Lipinski definition) is 1. The highest BCUT2D eigenvalue weighted by Crippen LogP contribution is 2.18. The molecule has 0 spiro atoms. The summed E-state index contributed by atoms with van der Waals surface area (Å²) in [4.78, 5) is 0. The van der Waals surface area contributed by atoms with Crippen LogP contribution in [0.25, 0.3) is 0 Å². The predicted octanol–water partition coefficient (Wildman–Crippen LogP) is 1.94. The molecule has 0 radical (unpaired) electrons. The minimum Gasteiger partial charge on any atom is -0.488 e. The molecule has 0 saturated carbocycles. The number of halogens is 1. The van der Waals surface area contributed by atoms with E-state index < -0.39 is 5.82 Å². The van der Waals surface area contributed by atoms with Crippen molar-refractivity contribution in [1.82, 2.24) is 0 Å². The first-order valence-electron chi connectivity index (χ1n) is 5.86. The van der Waals surface area contributed by atoms with Crippen LogP contribution in [-0.4, -0.2) is 25.9 Å². The summed E-state index contributed by atoms with van der Waals surface area (Å²) in [6.07, 6.45) is 0.139. The van der Waals surface area contributed by atoms with Gasteiger partial charge in [0.15, 0.2) is 11.6 Å². The van der Waals surface area contributed by atoms with Crippen molar-refractivity contribution < 1.29 is 13.9 Å². The van der Waals surface area contributed by atoms with Crippen molar-refractivity contribution in [3.8, 4) is 17.6 Å². The number of hydrogen-bond acceptors (Lipinski definition) is 3. The van der Waals surface area contributed by atoms with Crippen molar-refractivity contribution in [3.05, 3.63) is 29.6 Å². The van der Waals surface area contributed by atoms with E-state index in [0.717, 1.165) is 0 Å². The van der Waals surface area contributed by atoms with Crippen LogP contribution in [-0.2, 0) is 4.74 Å². The Hall–Kier alpha value is -1.57. The first-order valence-corrected chi connectivity index (χ1v) is 5.86. The Kier molecular flexibility index (Phi) is 6.20. The van der Waals surface area contributed by atoms with E-state index in [-0.39, 0.29) is 18.4 Å². The topological polar surface area (TPSA) is 44.5 Å². The van der Waals surface area contributed by atoms with Gasteiger partial charge in [0.05, 0.1) is 19.3 Å². The molecule has 0 unspecified atom stereocenters. The van der Waals surface area contributed by atoms with Crippen molar-refractivity contribution >= 4 is 0 Å². The minimum atomic E-state index is -0.405. The Labute approximate surface area is 107 Å². The van der Waals surface area contributed by atoms with Gasteiger partial charge < -0.3 is 15.2 Å². The Morgan fingerprint density at radius 2 is 2.11 bits per heavy atom. The fraction of sp³-hybridized carbons (Fsp3) is 0.429. The molecule has 0 bridgehead atoms. The van der Waals surface area contributed by atoms with Gasteiger partial charge in [0.1, 0.15) is 6.61 Å². The number of ether oxygens (including phenoxy) is 2. The van der Waals surface area contributed by atoms with Crippen molar-refractivity contribution in [2.75, 3.05) is 19.8 Å². The van der Waals surface area contributed by atoms with Gasteiger partial charge in [-0.3, -0.25) is 0 Å². The highest BCUT2D eigenvalue weighted by atomic mass is 19.1. The molecule has 3 nitrogen and oxygen atoms in total. The van der Waals surface area contributed by atoms with Gasteiger partial charge in [-0.15, -0.1) is 0 Å². The third-order valence-electron chi connectivity index (χ3n) is 2.06. The zero-order chi connectivity index (χ0) is 13.4. The summed E-state index contributed by atoms with van der Waals surface area (Å²) in [5.74, 6) is 5.32. The van der Waals surface area contributed by atoms with Crippen LogP contribution < -0.4 is 10.5 Å². The molecule has 0 aliphatic rings. The standard InChI is InChI=1S/C14H18FNO2/c1-11(2)17-8-9-18-14-10-12(4-3-7-16)5-6-13(14)15/h5-6,10-11H,7-9,16H2,1-2H3. The van der Waals surface area contributed by atoms with Crippen LogP contribution >= 0.6 is 0 Å². The van der Waals surface area contributed by atoms with Crippen LogP contribution in [0.4, 0.5) is 4.39 Å². The Morgan fingerprint density at radius 1 is 1.33 bits per heavy atom. The van der Waals surface area contributed by atoms with E-state index in [4.69, 9.17) is 15.2 Å². The van der Waals surface area contributed by atoms with Crippen LogP contribution in [0, 0.1) is 17.7 Å². The predicted molar refractivity (Wildman–Crippen MR) is 68.9 cm³/mol. The van der Waals surface area contributed by atoms with E-state index in [1.807, 2.05) is 13.8 Å². The molecule has 0 heterocycles. The lowest BCUT2D eigenvalue weighted by molar-refractivity contribution is 0.0544. The van der Waals surface area contributed by atoms with Gasteiger partial charge in [0.2, 0.25) is 0 Å². The van der Waals surface area contributed by atoms with Crippen molar-refractivity contribution in [2.24, 2.45) is 5.73 Å². The smallest absolute Gasteiger partial charge is 0.165 e. The molecule has 0 amide bonds.